The minimum Gasteiger partial charge on any atom is -0.508 e. The van der Waals surface area contributed by atoms with Crippen molar-refractivity contribution in [1.29, 1.82) is 0 Å². The number of aromatic hydroxyl groups is 1. The van der Waals surface area contributed by atoms with Crippen molar-refractivity contribution in [3.63, 3.8) is 0 Å². The number of Topliss-reactive ketones (excluding diaryl/α,β-unsaturated/α-hetero) is 1. The monoisotopic (exact) mass is 567 g/mol. The van der Waals surface area contributed by atoms with E-state index in [0.29, 0.717) is 51.7 Å². The van der Waals surface area contributed by atoms with Gasteiger partial charge in [-0.1, -0.05) is 12.1 Å². The molecule has 0 aliphatic carbocycles. The second-order valence-corrected chi connectivity index (χ2v) is 8.96. The van der Waals surface area contributed by atoms with E-state index < -0.39 is 17.7 Å². The topological polar surface area (TPSA) is 106 Å². The number of ketones is 1. The number of phenols is 1. The number of ether oxygens (including phenoxy) is 3. The number of halogens is 1. The molecular weight excluding hydrogens is 542 g/mol. The molecule has 0 spiro atoms. The molecule has 192 valence electrons. The number of amides is 1. The molecule has 3 aromatic carbocycles. The summed E-state index contributed by atoms with van der Waals surface area (Å²) in [5.74, 6) is -0.475. The summed E-state index contributed by atoms with van der Waals surface area (Å²) in [6.07, 6.45) is 0. The summed E-state index contributed by atoms with van der Waals surface area (Å²) in [6.45, 7) is 4.48. The summed E-state index contributed by atoms with van der Waals surface area (Å²) in [5.41, 5.74) is 1.16. The van der Waals surface area contributed by atoms with Crippen LogP contribution in [0.4, 0.5) is 5.69 Å². The van der Waals surface area contributed by atoms with E-state index in [1.54, 1.807) is 48.5 Å². The van der Waals surface area contributed by atoms with Gasteiger partial charge in [-0.2, -0.15) is 0 Å². The lowest BCUT2D eigenvalue weighted by atomic mass is 9.95. The van der Waals surface area contributed by atoms with Gasteiger partial charge in [0.2, 0.25) is 0 Å². The van der Waals surface area contributed by atoms with Crippen LogP contribution in [0.15, 0.2) is 70.7 Å². The second-order valence-electron chi connectivity index (χ2n) is 8.11. The summed E-state index contributed by atoms with van der Waals surface area (Å²) < 4.78 is 17.2. The molecule has 1 aliphatic heterocycles. The Morgan fingerprint density at radius 3 is 2.19 bits per heavy atom. The number of rotatable bonds is 8. The second kappa shape index (κ2) is 11.0. The van der Waals surface area contributed by atoms with Crippen LogP contribution in [-0.4, -0.2) is 42.2 Å². The first-order valence-corrected chi connectivity index (χ1v) is 12.4. The van der Waals surface area contributed by atoms with Gasteiger partial charge in [0.1, 0.15) is 17.3 Å². The highest BCUT2D eigenvalue weighted by Crippen LogP contribution is 2.44. The number of hydrogen-bond acceptors (Lipinski definition) is 7. The van der Waals surface area contributed by atoms with Gasteiger partial charge in [0.15, 0.2) is 11.5 Å². The Bertz CT molecular complexity index is 1370. The number of phenolic OH excluding ortho intramolecular Hbond substituents is 1. The fourth-order valence-corrected chi connectivity index (χ4v) is 4.77. The molecule has 0 saturated carbocycles. The molecule has 2 N–H and O–H groups in total. The van der Waals surface area contributed by atoms with Crippen LogP contribution in [0.3, 0.4) is 0 Å². The maximum absolute atomic E-state index is 13.4. The number of aliphatic hydroxyl groups is 1. The molecule has 9 heteroatoms. The Balaban J connectivity index is 1.92. The lowest BCUT2D eigenvalue weighted by molar-refractivity contribution is -0.132. The van der Waals surface area contributed by atoms with Gasteiger partial charge in [-0.25, -0.2) is 0 Å². The van der Waals surface area contributed by atoms with Gasteiger partial charge in [0.25, 0.3) is 11.7 Å². The van der Waals surface area contributed by atoms with Gasteiger partial charge >= 0.3 is 0 Å². The fraction of sp³-hybridized carbons (Fsp3) is 0.214. The van der Waals surface area contributed by atoms with Crippen LogP contribution in [-0.2, 0) is 9.59 Å². The number of carbonyl (C=O) groups excluding carboxylic acids is 2. The quantitative estimate of drug-likeness (QED) is 0.208. The molecule has 3 aromatic rings. The van der Waals surface area contributed by atoms with Crippen molar-refractivity contribution in [2.75, 3.05) is 25.2 Å². The molecule has 8 nitrogen and oxygen atoms in total. The van der Waals surface area contributed by atoms with Gasteiger partial charge in [0, 0.05) is 17.3 Å². The number of carbonyl (C=O) groups is 2. The van der Waals surface area contributed by atoms with E-state index in [4.69, 9.17) is 14.2 Å². The smallest absolute Gasteiger partial charge is 0.300 e. The standard InChI is InChI=1S/C28H26BrNO7/c1-4-36-22-13-9-18(15-23(22)37-5-2)30-25(16-6-10-19(31)11-7-16)24(27(33)28(30)34)26(32)17-8-12-21(35-3)20(29)14-17/h6-15,25,31-32H,4-5H2,1-3H3/b26-24+. The molecule has 1 aliphatic rings. The van der Waals surface area contributed by atoms with Gasteiger partial charge in [-0.3, -0.25) is 14.5 Å². The van der Waals surface area contributed by atoms with Gasteiger partial charge < -0.3 is 24.4 Å². The van der Waals surface area contributed by atoms with Crippen LogP contribution < -0.4 is 19.1 Å². The first-order chi connectivity index (χ1) is 17.8. The minimum atomic E-state index is -0.964. The molecular formula is C28H26BrNO7. The van der Waals surface area contributed by atoms with Crippen LogP contribution in [0.25, 0.3) is 5.76 Å². The molecule has 0 aromatic heterocycles. The fourth-order valence-electron chi connectivity index (χ4n) is 4.23. The SMILES string of the molecule is CCOc1ccc(N2C(=O)C(=O)/C(=C(/O)c3ccc(OC)c(Br)c3)C2c2ccc(O)cc2)cc1OCC. The highest BCUT2D eigenvalue weighted by Gasteiger charge is 2.47. The molecule has 1 amide bonds. The van der Waals surface area contributed by atoms with Crippen LogP contribution >= 0.6 is 15.9 Å². The third-order valence-electron chi connectivity index (χ3n) is 5.88. The number of anilines is 1. The maximum Gasteiger partial charge on any atom is 0.300 e. The van der Waals surface area contributed by atoms with Crippen LogP contribution in [0.5, 0.6) is 23.0 Å². The van der Waals surface area contributed by atoms with E-state index >= 15 is 0 Å². The number of benzene rings is 3. The molecule has 1 unspecified atom stereocenters. The van der Waals surface area contributed by atoms with Crippen molar-refractivity contribution < 1.29 is 34.0 Å². The summed E-state index contributed by atoms with van der Waals surface area (Å²) in [7, 11) is 1.52. The zero-order valence-electron chi connectivity index (χ0n) is 20.5. The highest BCUT2D eigenvalue weighted by atomic mass is 79.9. The summed E-state index contributed by atoms with van der Waals surface area (Å²) in [4.78, 5) is 28.1. The van der Waals surface area contributed by atoms with E-state index in [2.05, 4.69) is 15.9 Å². The van der Waals surface area contributed by atoms with Gasteiger partial charge in [-0.15, -0.1) is 0 Å². The number of nitrogens with zero attached hydrogens (tertiary/aromatic N) is 1. The first kappa shape index (κ1) is 26.1. The normalized spacial score (nSPS) is 16.6. The lowest BCUT2D eigenvalue weighted by Crippen LogP contribution is -2.29. The molecule has 1 saturated heterocycles. The van der Waals surface area contributed by atoms with Crippen molar-refractivity contribution in [2.24, 2.45) is 0 Å². The zero-order chi connectivity index (χ0) is 26.7. The lowest BCUT2D eigenvalue weighted by Gasteiger charge is -2.26. The van der Waals surface area contributed by atoms with Crippen molar-refractivity contribution in [1.82, 2.24) is 0 Å². The zero-order valence-corrected chi connectivity index (χ0v) is 22.1. The molecule has 4 rings (SSSR count). The average Bonchev–Trinajstić information content (AvgIpc) is 3.15. The number of methoxy groups -OCH3 is 1. The van der Waals surface area contributed by atoms with E-state index in [-0.39, 0.29) is 17.1 Å². The van der Waals surface area contributed by atoms with Crippen LogP contribution in [0.2, 0.25) is 0 Å². The largest absolute Gasteiger partial charge is 0.508 e. The number of hydrogen-bond donors (Lipinski definition) is 2. The van der Waals surface area contributed by atoms with E-state index in [9.17, 15) is 19.8 Å². The van der Waals surface area contributed by atoms with Crippen molar-refractivity contribution in [3.8, 4) is 23.0 Å². The van der Waals surface area contributed by atoms with Gasteiger partial charge in [0.05, 0.1) is 36.4 Å². The molecule has 1 heterocycles. The molecule has 0 radical (unpaired) electrons. The minimum absolute atomic E-state index is 0.0273. The maximum atomic E-state index is 13.4. The third kappa shape index (κ3) is 4.99. The Morgan fingerprint density at radius 2 is 1.57 bits per heavy atom. The Kier molecular flexibility index (Phi) is 7.73. The van der Waals surface area contributed by atoms with Crippen LogP contribution in [0.1, 0.15) is 31.0 Å². The van der Waals surface area contributed by atoms with Gasteiger partial charge in [-0.05, 0) is 77.8 Å². The predicted molar refractivity (Wildman–Crippen MR) is 142 cm³/mol. The average molecular weight is 568 g/mol. The number of aliphatic hydroxyl groups excluding tert-OH is 1. The van der Waals surface area contributed by atoms with Crippen molar-refractivity contribution in [2.45, 2.75) is 19.9 Å². The molecule has 0 bridgehead atoms. The van der Waals surface area contributed by atoms with E-state index in [1.165, 1.54) is 24.1 Å². The summed E-state index contributed by atoms with van der Waals surface area (Å²) >= 11 is 3.40. The van der Waals surface area contributed by atoms with Crippen LogP contribution in [0, 0.1) is 0 Å². The Labute approximate surface area is 222 Å². The van der Waals surface area contributed by atoms with E-state index in [0.717, 1.165) is 0 Å². The first-order valence-electron chi connectivity index (χ1n) is 11.6. The molecule has 1 atom stereocenters. The third-order valence-corrected chi connectivity index (χ3v) is 6.50. The Hall–Kier alpha value is -3.98. The predicted octanol–water partition coefficient (Wildman–Crippen LogP) is 5.59. The summed E-state index contributed by atoms with van der Waals surface area (Å²) in [5, 5.41) is 21.2. The van der Waals surface area contributed by atoms with Crippen molar-refractivity contribution >= 4 is 39.1 Å². The highest BCUT2D eigenvalue weighted by molar-refractivity contribution is 9.10. The Morgan fingerprint density at radius 1 is 0.919 bits per heavy atom. The molecule has 37 heavy (non-hydrogen) atoms. The van der Waals surface area contributed by atoms with E-state index in [1.807, 2.05) is 13.8 Å². The summed E-state index contributed by atoms with van der Waals surface area (Å²) in [6, 6.07) is 15.0. The molecule has 1 fully saturated rings. The van der Waals surface area contributed by atoms with Crippen molar-refractivity contribution in [3.05, 3.63) is 81.8 Å².